The number of aromatic nitrogens is 2. The van der Waals surface area contributed by atoms with Crippen molar-refractivity contribution in [1.82, 2.24) is 9.55 Å². The Morgan fingerprint density at radius 3 is 2.50 bits per heavy atom. The van der Waals surface area contributed by atoms with Gasteiger partial charge in [-0.3, -0.25) is 9.36 Å². The van der Waals surface area contributed by atoms with Crippen LogP contribution >= 0.6 is 11.3 Å². The molecule has 0 amide bonds. The Hall–Kier alpha value is -2.09. The van der Waals surface area contributed by atoms with Crippen molar-refractivity contribution < 1.29 is 13.9 Å². The summed E-state index contributed by atoms with van der Waals surface area (Å²) in [5.74, 6) is 0.386. The Morgan fingerprint density at radius 1 is 1.15 bits per heavy atom. The highest BCUT2D eigenvalue weighted by molar-refractivity contribution is 7.19. The molecule has 0 radical (unpaired) electrons. The quantitative estimate of drug-likeness (QED) is 0.634. The third kappa shape index (κ3) is 3.56. The fraction of sp³-hybridized carbons (Fsp3) is 0.368. The Morgan fingerprint density at radius 2 is 1.85 bits per heavy atom. The van der Waals surface area contributed by atoms with Crippen LogP contribution < -0.4 is 5.56 Å². The van der Waals surface area contributed by atoms with E-state index in [2.05, 4.69) is 0 Å². The van der Waals surface area contributed by atoms with Gasteiger partial charge < -0.3 is 9.47 Å². The van der Waals surface area contributed by atoms with Crippen molar-refractivity contribution in [3.05, 3.63) is 51.1 Å². The molecular weight excluding hydrogens is 355 g/mol. The topological polar surface area (TPSA) is 53.3 Å². The van der Waals surface area contributed by atoms with Crippen LogP contribution in [0.15, 0.2) is 29.1 Å². The molecule has 7 heteroatoms. The molecule has 0 unspecified atom stereocenters. The molecule has 3 rings (SSSR count). The summed E-state index contributed by atoms with van der Waals surface area (Å²) in [5, 5.41) is 0.580. The number of halogens is 1. The minimum atomic E-state index is -0.302. The zero-order valence-electron chi connectivity index (χ0n) is 15.0. The molecule has 3 aromatic rings. The van der Waals surface area contributed by atoms with Crippen molar-refractivity contribution in [2.24, 2.45) is 0 Å². The van der Waals surface area contributed by atoms with Gasteiger partial charge in [-0.25, -0.2) is 9.37 Å². The zero-order chi connectivity index (χ0) is 18.7. The molecule has 0 aliphatic rings. The van der Waals surface area contributed by atoms with E-state index >= 15 is 0 Å². The maximum absolute atomic E-state index is 13.3. The van der Waals surface area contributed by atoms with Crippen LogP contribution in [0.4, 0.5) is 4.39 Å². The van der Waals surface area contributed by atoms with E-state index < -0.39 is 0 Å². The lowest BCUT2D eigenvalue weighted by Gasteiger charge is -2.12. The smallest absolute Gasteiger partial charge is 0.262 e. The van der Waals surface area contributed by atoms with Crippen molar-refractivity contribution in [3.8, 4) is 11.1 Å². The van der Waals surface area contributed by atoms with E-state index in [1.165, 1.54) is 23.5 Å². The van der Waals surface area contributed by atoms with E-state index in [1.807, 2.05) is 6.92 Å². The summed E-state index contributed by atoms with van der Waals surface area (Å²) >= 11 is 1.48. The van der Waals surface area contributed by atoms with Gasteiger partial charge in [0, 0.05) is 31.1 Å². The van der Waals surface area contributed by atoms with Gasteiger partial charge in [0.25, 0.3) is 5.56 Å². The molecule has 0 atom stereocenters. The Balaban J connectivity index is 2.23. The summed E-state index contributed by atoms with van der Waals surface area (Å²) in [5.41, 5.74) is 1.55. The van der Waals surface area contributed by atoms with Gasteiger partial charge in [-0.2, -0.15) is 0 Å². The van der Waals surface area contributed by atoms with Crippen molar-refractivity contribution in [1.29, 1.82) is 0 Å². The van der Waals surface area contributed by atoms with Gasteiger partial charge in [0.05, 0.1) is 25.1 Å². The van der Waals surface area contributed by atoms with Crippen LogP contribution in [0.5, 0.6) is 0 Å². The number of ether oxygens (including phenoxy) is 2. The van der Waals surface area contributed by atoms with E-state index in [1.54, 1.807) is 30.9 Å². The highest BCUT2D eigenvalue weighted by Gasteiger charge is 2.19. The number of methoxy groups -OCH3 is 2. The second-order valence-corrected chi connectivity index (χ2v) is 7.14. The van der Waals surface area contributed by atoms with Crippen LogP contribution in [0.1, 0.15) is 10.7 Å². The highest BCUT2D eigenvalue weighted by Crippen LogP contribution is 2.35. The van der Waals surface area contributed by atoms with Crippen LogP contribution in [-0.4, -0.2) is 37.0 Å². The second kappa shape index (κ2) is 8.07. The molecule has 138 valence electrons. The first-order valence-electron chi connectivity index (χ1n) is 8.33. The summed E-state index contributed by atoms with van der Waals surface area (Å²) < 4.78 is 25.2. The Kier molecular flexibility index (Phi) is 5.80. The number of fused-ring (bicyclic) bond motifs is 1. The van der Waals surface area contributed by atoms with Gasteiger partial charge in [0.1, 0.15) is 16.5 Å². The summed E-state index contributed by atoms with van der Waals surface area (Å²) in [6.07, 6.45) is 0.550. The van der Waals surface area contributed by atoms with Gasteiger partial charge >= 0.3 is 0 Å². The number of hydrogen-bond donors (Lipinski definition) is 0. The molecule has 2 aromatic heterocycles. The fourth-order valence-electron chi connectivity index (χ4n) is 3.00. The lowest BCUT2D eigenvalue weighted by molar-refractivity contribution is 0.180. The lowest BCUT2D eigenvalue weighted by Crippen LogP contribution is -2.27. The largest absolute Gasteiger partial charge is 0.384 e. The Labute approximate surface area is 155 Å². The SMILES string of the molecule is COCCc1nc2sc(C)c(-c3ccc(F)cc3)c2c(=O)n1CCOC. The summed E-state index contributed by atoms with van der Waals surface area (Å²) in [6.45, 7) is 3.29. The minimum Gasteiger partial charge on any atom is -0.384 e. The van der Waals surface area contributed by atoms with Crippen molar-refractivity contribution in [3.63, 3.8) is 0 Å². The number of hydrogen-bond acceptors (Lipinski definition) is 5. The van der Waals surface area contributed by atoms with E-state index in [-0.39, 0.29) is 11.4 Å². The van der Waals surface area contributed by atoms with Gasteiger partial charge in [-0.1, -0.05) is 12.1 Å². The van der Waals surface area contributed by atoms with E-state index in [0.29, 0.717) is 42.2 Å². The first-order valence-corrected chi connectivity index (χ1v) is 9.15. The number of benzene rings is 1. The lowest BCUT2D eigenvalue weighted by atomic mass is 10.0. The number of rotatable bonds is 7. The molecule has 0 fully saturated rings. The molecule has 0 aliphatic heterocycles. The summed E-state index contributed by atoms with van der Waals surface area (Å²) in [6, 6.07) is 6.20. The molecule has 1 aromatic carbocycles. The molecular formula is C19H21FN2O3S. The normalized spacial score (nSPS) is 11.4. The van der Waals surface area contributed by atoms with E-state index in [4.69, 9.17) is 14.5 Å². The summed E-state index contributed by atoms with van der Waals surface area (Å²) in [7, 11) is 3.22. The van der Waals surface area contributed by atoms with Crippen LogP contribution in [0.25, 0.3) is 21.3 Å². The Bertz CT molecular complexity index is 964. The fourth-order valence-corrected chi connectivity index (χ4v) is 4.05. The molecule has 0 bridgehead atoms. The van der Waals surface area contributed by atoms with Gasteiger partial charge in [-0.05, 0) is 24.6 Å². The van der Waals surface area contributed by atoms with Crippen LogP contribution in [0.3, 0.4) is 0 Å². The molecule has 5 nitrogen and oxygen atoms in total. The predicted molar refractivity (Wildman–Crippen MR) is 101 cm³/mol. The maximum Gasteiger partial charge on any atom is 0.262 e. The molecule has 26 heavy (non-hydrogen) atoms. The average molecular weight is 376 g/mol. The first kappa shape index (κ1) is 18.7. The van der Waals surface area contributed by atoms with Gasteiger partial charge in [0.2, 0.25) is 0 Å². The van der Waals surface area contributed by atoms with E-state index in [9.17, 15) is 9.18 Å². The molecule has 0 aliphatic carbocycles. The van der Waals surface area contributed by atoms with Gasteiger partial charge in [0.15, 0.2) is 0 Å². The zero-order valence-corrected chi connectivity index (χ0v) is 15.9. The molecule has 0 N–H and O–H groups in total. The second-order valence-electron chi connectivity index (χ2n) is 5.94. The number of nitrogens with zero attached hydrogens (tertiary/aromatic N) is 2. The molecule has 0 saturated heterocycles. The van der Waals surface area contributed by atoms with Crippen LogP contribution in [-0.2, 0) is 22.4 Å². The monoisotopic (exact) mass is 376 g/mol. The number of aryl methyl sites for hydroxylation is 1. The standard InChI is InChI=1S/C19H21FN2O3S/c1-12-16(13-4-6-14(20)7-5-13)17-18(26-12)21-15(8-10-24-2)22(19(17)23)9-11-25-3/h4-7H,8-11H2,1-3H3. The third-order valence-electron chi connectivity index (χ3n) is 4.25. The molecule has 0 spiro atoms. The first-order chi connectivity index (χ1) is 12.6. The van der Waals surface area contributed by atoms with Crippen LogP contribution in [0, 0.1) is 12.7 Å². The average Bonchev–Trinajstić information content (AvgIpc) is 2.96. The van der Waals surface area contributed by atoms with Gasteiger partial charge in [-0.15, -0.1) is 11.3 Å². The predicted octanol–water partition coefficient (Wildman–Crippen LogP) is 3.41. The number of thiophene rings is 1. The third-order valence-corrected chi connectivity index (χ3v) is 5.25. The molecule has 2 heterocycles. The highest BCUT2D eigenvalue weighted by atomic mass is 32.1. The van der Waals surface area contributed by atoms with Crippen molar-refractivity contribution in [2.45, 2.75) is 19.9 Å². The maximum atomic E-state index is 13.3. The van der Waals surface area contributed by atoms with Crippen molar-refractivity contribution >= 4 is 21.6 Å². The minimum absolute atomic E-state index is 0.0955. The van der Waals surface area contributed by atoms with Crippen molar-refractivity contribution in [2.75, 3.05) is 27.4 Å². The van der Waals surface area contributed by atoms with E-state index in [0.717, 1.165) is 16.0 Å². The molecule has 0 saturated carbocycles. The van der Waals surface area contributed by atoms with Crippen LogP contribution in [0.2, 0.25) is 0 Å². The summed E-state index contributed by atoms with van der Waals surface area (Å²) in [4.78, 5) is 19.7.